The number of likely N-dealkylation sites (tertiary alicyclic amines) is 2. The molecule has 4 heteroatoms. The van der Waals surface area contributed by atoms with Crippen molar-refractivity contribution in [2.45, 2.75) is 94.7 Å². The number of benzene rings is 1. The quantitative estimate of drug-likeness (QED) is 0.824. The Morgan fingerprint density at radius 3 is 2.45 bits per heavy atom. The maximum absolute atomic E-state index is 12.3. The molecule has 2 atom stereocenters. The van der Waals surface area contributed by atoms with Crippen LogP contribution in [0.1, 0.15) is 83.1 Å². The minimum absolute atomic E-state index is 0.00751. The Hall–Kier alpha value is -1.39. The van der Waals surface area contributed by atoms with E-state index in [2.05, 4.69) is 47.1 Å². The number of carbonyl (C=O) groups excluding carboxylic acids is 1. The Labute approximate surface area is 176 Å². The van der Waals surface area contributed by atoms with E-state index in [9.17, 15) is 9.90 Å². The summed E-state index contributed by atoms with van der Waals surface area (Å²) in [7, 11) is 0. The summed E-state index contributed by atoms with van der Waals surface area (Å²) >= 11 is 0. The third kappa shape index (κ3) is 4.25. The number of hydrogen-bond donors (Lipinski definition) is 1. The molecule has 2 heterocycles. The number of fused-ring (bicyclic) bond motifs is 1. The second kappa shape index (κ2) is 8.39. The van der Waals surface area contributed by atoms with E-state index in [0.29, 0.717) is 12.0 Å². The summed E-state index contributed by atoms with van der Waals surface area (Å²) in [5.74, 6) is 0.789. The van der Waals surface area contributed by atoms with Crippen molar-refractivity contribution in [2.75, 3.05) is 19.6 Å². The van der Waals surface area contributed by atoms with Gasteiger partial charge in [0.25, 0.3) is 0 Å². The molecule has 0 aromatic heterocycles. The highest BCUT2D eigenvalue weighted by molar-refractivity contribution is 5.74. The Kier molecular flexibility index (Phi) is 6.04. The van der Waals surface area contributed by atoms with Crippen molar-refractivity contribution in [3.8, 4) is 0 Å². The second-order valence-electron chi connectivity index (χ2n) is 10.0. The Balaban J connectivity index is 1.47. The zero-order valence-corrected chi connectivity index (χ0v) is 18.3. The Morgan fingerprint density at radius 1 is 1.03 bits per heavy atom. The lowest BCUT2D eigenvalue weighted by molar-refractivity contribution is -0.140. The topological polar surface area (TPSA) is 43.8 Å². The molecule has 2 aliphatic heterocycles. The van der Waals surface area contributed by atoms with E-state index in [0.717, 1.165) is 64.6 Å². The largest absolute Gasteiger partial charge is 0.389 e. The molecular weight excluding hydrogens is 360 g/mol. The molecular formula is C25H38N2O2. The van der Waals surface area contributed by atoms with Gasteiger partial charge in [-0.25, -0.2) is 0 Å². The molecule has 1 aliphatic carbocycles. The number of β-amino-alcohol motifs (C(OH)–C–C–N with tert-alkyl or cyclic N) is 1. The number of hydrogen-bond acceptors (Lipinski definition) is 3. The lowest BCUT2D eigenvalue weighted by atomic mass is 9.74. The fourth-order valence-corrected chi connectivity index (χ4v) is 6.36. The van der Waals surface area contributed by atoms with Crippen LogP contribution in [-0.4, -0.2) is 57.6 Å². The summed E-state index contributed by atoms with van der Waals surface area (Å²) in [5, 5.41) is 11.5. The first-order valence-corrected chi connectivity index (χ1v) is 11.7. The van der Waals surface area contributed by atoms with Crippen molar-refractivity contribution in [1.29, 1.82) is 0 Å². The number of aliphatic hydroxyl groups is 1. The molecule has 3 fully saturated rings. The van der Waals surface area contributed by atoms with Crippen LogP contribution >= 0.6 is 0 Å². The molecule has 0 spiro atoms. The van der Waals surface area contributed by atoms with E-state index in [4.69, 9.17) is 0 Å². The SMILES string of the molecule is CC(=O)N1CCC[C@@]2(C)[C@@H]1CCCCN2CC1(O)CCC(c2ccccc2)CC1. The van der Waals surface area contributed by atoms with E-state index in [1.54, 1.807) is 6.92 Å². The first kappa shape index (κ1) is 20.9. The lowest BCUT2D eigenvalue weighted by Gasteiger charge is -2.54. The number of rotatable bonds is 3. The van der Waals surface area contributed by atoms with E-state index in [1.807, 2.05) is 0 Å². The molecule has 4 rings (SSSR count). The Morgan fingerprint density at radius 2 is 1.76 bits per heavy atom. The second-order valence-corrected chi connectivity index (χ2v) is 10.0. The third-order valence-corrected chi connectivity index (χ3v) is 8.13. The average molecular weight is 399 g/mol. The van der Waals surface area contributed by atoms with Crippen LogP contribution in [0.2, 0.25) is 0 Å². The fraction of sp³-hybridized carbons (Fsp3) is 0.720. The normalized spacial score (nSPS) is 36.3. The smallest absolute Gasteiger partial charge is 0.219 e. The Bertz CT molecular complexity index is 698. The average Bonchev–Trinajstić information content (AvgIpc) is 2.87. The molecule has 1 aromatic rings. The van der Waals surface area contributed by atoms with Crippen LogP contribution in [0.5, 0.6) is 0 Å². The predicted molar refractivity (Wildman–Crippen MR) is 117 cm³/mol. The van der Waals surface area contributed by atoms with Gasteiger partial charge in [0.05, 0.1) is 5.60 Å². The zero-order valence-electron chi connectivity index (χ0n) is 18.3. The minimum atomic E-state index is -0.596. The van der Waals surface area contributed by atoms with Gasteiger partial charge in [-0.05, 0) is 76.3 Å². The number of amides is 1. The summed E-state index contributed by atoms with van der Waals surface area (Å²) in [4.78, 5) is 17.0. The summed E-state index contributed by atoms with van der Waals surface area (Å²) in [6.45, 7) is 6.78. The third-order valence-electron chi connectivity index (χ3n) is 8.13. The highest BCUT2D eigenvalue weighted by Gasteiger charge is 2.49. The monoisotopic (exact) mass is 398 g/mol. The molecule has 1 N–H and O–H groups in total. The predicted octanol–water partition coefficient (Wildman–Crippen LogP) is 4.33. The van der Waals surface area contributed by atoms with Gasteiger partial charge < -0.3 is 10.0 Å². The zero-order chi connectivity index (χ0) is 20.5. The maximum atomic E-state index is 12.3. The van der Waals surface area contributed by atoms with Gasteiger partial charge in [-0.3, -0.25) is 9.69 Å². The highest BCUT2D eigenvalue weighted by atomic mass is 16.3. The first-order valence-electron chi connectivity index (χ1n) is 11.7. The molecule has 1 aromatic carbocycles. The van der Waals surface area contributed by atoms with Gasteiger partial charge in [-0.1, -0.05) is 36.8 Å². The van der Waals surface area contributed by atoms with E-state index in [-0.39, 0.29) is 11.4 Å². The van der Waals surface area contributed by atoms with Crippen molar-refractivity contribution >= 4 is 5.91 Å². The van der Waals surface area contributed by atoms with E-state index in [1.165, 1.54) is 18.4 Å². The van der Waals surface area contributed by atoms with Crippen molar-refractivity contribution in [1.82, 2.24) is 9.80 Å². The van der Waals surface area contributed by atoms with Gasteiger partial charge in [0, 0.05) is 31.6 Å². The number of nitrogens with zero attached hydrogens (tertiary/aromatic N) is 2. The molecule has 0 radical (unpaired) electrons. The molecule has 2 saturated heterocycles. The molecule has 0 unspecified atom stereocenters. The summed E-state index contributed by atoms with van der Waals surface area (Å²) in [5.41, 5.74) is 0.814. The molecule has 3 aliphatic rings. The standard InChI is InChI=1S/C25H38N2O2/c1-20(28)27-18-8-14-24(2)23(27)11-6-7-17-26(24)19-25(29)15-12-22(13-16-25)21-9-4-3-5-10-21/h3-5,9-10,22-23,29H,6-8,11-19H2,1-2H3/t22?,23-,24-,25?/m0/s1. The van der Waals surface area contributed by atoms with Crippen LogP contribution in [0.4, 0.5) is 0 Å². The van der Waals surface area contributed by atoms with Gasteiger partial charge in [0.1, 0.15) is 0 Å². The van der Waals surface area contributed by atoms with Gasteiger partial charge in [-0.2, -0.15) is 0 Å². The summed E-state index contributed by atoms with van der Waals surface area (Å²) in [6, 6.07) is 11.1. The molecule has 4 nitrogen and oxygen atoms in total. The van der Waals surface area contributed by atoms with Crippen LogP contribution in [0, 0.1) is 0 Å². The molecule has 0 bridgehead atoms. The number of carbonyl (C=O) groups is 1. The summed E-state index contributed by atoms with van der Waals surface area (Å²) < 4.78 is 0. The van der Waals surface area contributed by atoms with Crippen molar-refractivity contribution in [3.63, 3.8) is 0 Å². The van der Waals surface area contributed by atoms with Crippen molar-refractivity contribution in [3.05, 3.63) is 35.9 Å². The van der Waals surface area contributed by atoms with Gasteiger partial charge in [0.2, 0.25) is 5.91 Å². The fourth-order valence-electron chi connectivity index (χ4n) is 6.36. The summed E-state index contributed by atoms with van der Waals surface area (Å²) in [6.07, 6.45) is 9.51. The molecule has 1 amide bonds. The van der Waals surface area contributed by atoms with Crippen LogP contribution in [0.15, 0.2) is 30.3 Å². The highest BCUT2D eigenvalue weighted by Crippen LogP contribution is 2.43. The van der Waals surface area contributed by atoms with Crippen LogP contribution < -0.4 is 0 Å². The van der Waals surface area contributed by atoms with Crippen molar-refractivity contribution < 1.29 is 9.90 Å². The number of piperidine rings is 1. The van der Waals surface area contributed by atoms with Gasteiger partial charge in [-0.15, -0.1) is 0 Å². The molecule has 29 heavy (non-hydrogen) atoms. The minimum Gasteiger partial charge on any atom is -0.389 e. The molecule has 160 valence electrons. The first-order chi connectivity index (χ1) is 13.9. The van der Waals surface area contributed by atoms with Crippen LogP contribution in [0.3, 0.4) is 0 Å². The molecule has 1 saturated carbocycles. The van der Waals surface area contributed by atoms with Crippen LogP contribution in [0.25, 0.3) is 0 Å². The maximum Gasteiger partial charge on any atom is 0.219 e. The van der Waals surface area contributed by atoms with E-state index < -0.39 is 5.60 Å². The van der Waals surface area contributed by atoms with Gasteiger partial charge >= 0.3 is 0 Å². The van der Waals surface area contributed by atoms with Gasteiger partial charge in [0.15, 0.2) is 0 Å². The van der Waals surface area contributed by atoms with Crippen LogP contribution in [-0.2, 0) is 4.79 Å². The van der Waals surface area contributed by atoms with Crippen molar-refractivity contribution in [2.24, 2.45) is 0 Å². The van der Waals surface area contributed by atoms with E-state index >= 15 is 0 Å². The lowest BCUT2D eigenvalue weighted by Crippen LogP contribution is -2.65.